The second kappa shape index (κ2) is 5.46. The zero-order valence-corrected chi connectivity index (χ0v) is 13.6. The van der Waals surface area contributed by atoms with Gasteiger partial charge in [-0.15, -0.1) is 0 Å². The Morgan fingerprint density at radius 3 is 2.60 bits per heavy atom. The van der Waals surface area contributed by atoms with E-state index in [9.17, 15) is 13.2 Å². The fourth-order valence-electron chi connectivity index (χ4n) is 2.40. The van der Waals surface area contributed by atoms with Crippen LogP contribution in [0.5, 0.6) is 0 Å². The topological polar surface area (TPSA) is 74.7 Å². The Morgan fingerprint density at radius 1 is 1.40 bits per heavy atom. The fraction of sp³-hybridized carbons (Fsp3) is 0.462. The maximum Gasteiger partial charge on any atom is 0.308 e. The van der Waals surface area contributed by atoms with Crippen molar-refractivity contribution in [3.05, 3.63) is 28.2 Å². The molecule has 0 aromatic heterocycles. The third-order valence-corrected chi connectivity index (χ3v) is 6.86. The van der Waals surface area contributed by atoms with Crippen LogP contribution in [0.3, 0.4) is 0 Å². The molecule has 0 bridgehead atoms. The van der Waals surface area contributed by atoms with Gasteiger partial charge in [-0.3, -0.25) is 4.79 Å². The minimum Gasteiger partial charge on any atom is -0.481 e. The molecule has 1 fully saturated rings. The molecule has 0 aliphatic carbocycles. The van der Waals surface area contributed by atoms with Crippen LogP contribution in [0.1, 0.15) is 12.5 Å². The van der Waals surface area contributed by atoms with E-state index in [1.165, 1.54) is 10.4 Å². The standard InChI is InChI=1S/C13H16BrNO4S/c1-8-4-3-5-11(12(8)14)20(18,19)15-6-9(2)10(7-15)13(16)17/h3-5,9-10H,6-7H2,1-2H3,(H,16,17)/t9-,10-/m1/s1. The minimum absolute atomic E-state index is 0.0270. The van der Waals surface area contributed by atoms with Crippen LogP contribution in [0, 0.1) is 18.8 Å². The number of hydrogen-bond acceptors (Lipinski definition) is 3. The Labute approximate surface area is 126 Å². The zero-order chi connectivity index (χ0) is 15.1. The molecule has 7 heteroatoms. The predicted molar refractivity (Wildman–Crippen MR) is 77.9 cm³/mol. The quantitative estimate of drug-likeness (QED) is 0.894. The number of carboxylic acids is 1. The first-order chi connectivity index (χ1) is 9.25. The Balaban J connectivity index is 2.38. The van der Waals surface area contributed by atoms with E-state index in [0.29, 0.717) is 4.47 Å². The van der Waals surface area contributed by atoms with Gasteiger partial charge in [0, 0.05) is 17.6 Å². The van der Waals surface area contributed by atoms with Crippen molar-refractivity contribution in [2.24, 2.45) is 11.8 Å². The summed E-state index contributed by atoms with van der Waals surface area (Å²) in [4.78, 5) is 11.3. The lowest BCUT2D eigenvalue weighted by Crippen LogP contribution is -2.30. The summed E-state index contributed by atoms with van der Waals surface area (Å²) in [6, 6.07) is 5.03. The summed E-state index contributed by atoms with van der Waals surface area (Å²) in [5.74, 6) is -1.78. The molecule has 5 nitrogen and oxygen atoms in total. The van der Waals surface area contributed by atoms with Crippen molar-refractivity contribution in [1.29, 1.82) is 0 Å². The highest BCUT2D eigenvalue weighted by Gasteiger charge is 2.41. The first-order valence-corrected chi connectivity index (χ1v) is 8.46. The molecule has 2 atom stereocenters. The summed E-state index contributed by atoms with van der Waals surface area (Å²) in [6.07, 6.45) is 0. The van der Waals surface area contributed by atoms with Crippen molar-refractivity contribution in [2.75, 3.05) is 13.1 Å². The van der Waals surface area contributed by atoms with E-state index in [2.05, 4.69) is 15.9 Å². The Bertz CT molecular complexity index is 644. The molecule has 0 unspecified atom stereocenters. The predicted octanol–water partition coefficient (Wildman–Crippen LogP) is 2.10. The normalized spacial score (nSPS) is 23.9. The SMILES string of the molecule is Cc1cccc(S(=O)(=O)N2C[C@@H](C)[C@H](C(=O)O)C2)c1Br. The van der Waals surface area contributed by atoms with Gasteiger partial charge < -0.3 is 5.11 Å². The number of carbonyl (C=O) groups is 1. The summed E-state index contributed by atoms with van der Waals surface area (Å²) in [7, 11) is -3.67. The van der Waals surface area contributed by atoms with E-state index in [1.807, 2.05) is 13.0 Å². The summed E-state index contributed by atoms with van der Waals surface area (Å²) in [5.41, 5.74) is 0.827. The second-order valence-corrected chi connectivity index (χ2v) is 7.83. The number of sulfonamides is 1. The Morgan fingerprint density at radius 2 is 2.05 bits per heavy atom. The largest absolute Gasteiger partial charge is 0.481 e. The van der Waals surface area contributed by atoms with E-state index in [1.54, 1.807) is 13.0 Å². The van der Waals surface area contributed by atoms with Crippen LogP contribution in [0.25, 0.3) is 0 Å². The van der Waals surface area contributed by atoms with Crippen molar-refractivity contribution in [3.63, 3.8) is 0 Å². The van der Waals surface area contributed by atoms with Crippen LogP contribution in [0.15, 0.2) is 27.6 Å². The average Bonchev–Trinajstić information content (AvgIpc) is 2.75. The molecule has 20 heavy (non-hydrogen) atoms. The highest BCUT2D eigenvalue weighted by Crippen LogP contribution is 2.32. The van der Waals surface area contributed by atoms with Gasteiger partial charge in [0.2, 0.25) is 10.0 Å². The van der Waals surface area contributed by atoms with Crippen molar-refractivity contribution in [2.45, 2.75) is 18.7 Å². The van der Waals surface area contributed by atoms with Gasteiger partial charge in [0.1, 0.15) is 0 Å². The zero-order valence-electron chi connectivity index (χ0n) is 11.2. The number of aryl methyl sites for hydroxylation is 1. The summed E-state index contributed by atoms with van der Waals surface area (Å²) >= 11 is 3.30. The number of aliphatic carboxylic acids is 1. The van der Waals surface area contributed by atoms with E-state index in [0.717, 1.165) is 5.56 Å². The van der Waals surface area contributed by atoms with Gasteiger partial charge in [-0.1, -0.05) is 19.1 Å². The van der Waals surface area contributed by atoms with E-state index >= 15 is 0 Å². The van der Waals surface area contributed by atoms with Crippen molar-refractivity contribution >= 4 is 31.9 Å². The van der Waals surface area contributed by atoms with Crippen molar-refractivity contribution in [1.82, 2.24) is 4.31 Å². The Hall–Kier alpha value is -0.920. The van der Waals surface area contributed by atoms with Gasteiger partial charge in [-0.25, -0.2) is 8.42 Å². The summed E-state index contributed by atoms with van der Waals surface area (Å²) in [5, 5.41) is 9.11. The van der Waals surface area contributed by atoms with Crippen LogP contribution >= 0.6 is 15.9 Å². The third-order valence-electron chi connectivity index (χ3n) is 3.67. The van der Waals surface area contributed by atoms with Gasteiger partial charge >= 0.3 is 5.97 Å². The molecule has 1 saturated heterocycles. The van der Waals surface area contributed by atoms with E-state index in [-0.39, 0.29) is 23.9 Å². The maximum atomic E-state index is 12.6. The molecular formula is C13H16BrNO4S. The van der Waals surface area contributed by atoms with E-state index in [4.69, 9.17) is 5.11 Å². The van der Waals surface area contributed by atoms with Crippen LogP contribution < -0.4 is 0 Å². The molecule has 1 aromatic rings. The van der Waals surface area contributed by atoms with Crippen molar-refractivity contribution < 1.29 is 18.3 Å². The molecule has 2 rings (SSSR count). The fourth-order valence-corrected chi connectivity index (χ4v) is 4.98. The lowest BCUT2D eigenvalue weighted by molar-refractivity contribution is -0.142. The molecule has 0 saturated carbocycles. The molecule has 1 N–H and O–H groups in total. The number of benzene rings is 1. The van der Waals surface area contributed by atoms with Gasteiger partial charge in [0.15, 0.2) is 0 Å². The van der Waals surface area contributed by atoms with Gasteiger partial charge in [-0.05, 0) is 40.4 Å². The molecule has 110 valence electrons. The van der Waals surface area contributed by atoms with Gasteiger partial charge in [-0.2, -0.15) is 4.31 Å². The van der Waals surface area contributed by atoms with Crippen LogP contribution in [0.2, 0.25) is 0 Å². The van der Waals surface area contributed by atoms with Crippen LogP contribution in [-0.4, -0.2) is 36.9 Å². The third kappa shape index (κ3) is 2.62. The average molecular weight is 362 g/mol. The lowest BCUT2D eigenvalue weighted by atomic mass is 9.99. The van der Waals surface area contributed by atoms with Gasteiger partial charge in [0.25, 0.3) is 0 Å². The molecule has 1 aromatic carbocycles. The number of rotatable bonds is 3. The number of carboxylic acid groups (broad SMARTS) is 1. The number of halogens is 1. The van der Waals surface area contributed by atoms with E-state index < -0.39 is 21.9 Å². The highest BCUT2D eigenvalue weighted by molar-refractivity contribution is 9.10. The smallest absolute Gasteiger partial charge is 0.308 e. The molecule has 0 radical (unpaired) electrons. The molecule has 1 aliphatic rings. The molecule has 1 heterocycles. The second-order valence-electron chi connectivity index (χ2n) is 5.13. The summed E-state index contributed by atoms with van der Waals surface area (Å²) < 4.78 is 27.0. The molecule has 0 amide bonds. The van der Waals surface area contributed by atoms with Crippen LogP contribution in [0.4, 0.5) is 0 Å². The minimum atomic E-state index is -3.67. The maximum absolute atomic E-state index is 12.6. The highest BCUT2D eigenvalue weighted by atomic mass is 79.9. The number of hydrogen-bond donors (Lipinski definition) is 1. The van der Waals surface area contributed by atoms with Crippen molar-refractivity contribution in [3.8, 4) is 0 Å². The first-order valence-electron chi connectivity index (χ1n) is 6.23. The number of nitrogens with zero attached hydrogens (tertiary/aromatic N) is 1. The molecular weight excluding hydrogens is 346 g/mol. The Kier molecular flexibility index (Phi) is 4.22. The monoisotopic (exact) mass is 361 g/mol. The van der Waals surface area contributed by atoms with Crippen LogP contribution in [-0.2, 0) is 14.8 Å². The van der Waals surface area contributed by atoms with Gasteiger partial charge in [0.05, 0.1) is 10.8 Å². The molecule has 0 spiro atoms. The lowest BCUT2D eigenvalue weighted by Gasteiger charge is -2.17. The first kappa shape index (κ1) is 15.5. The summed E-state index contributed by atoms with van der Waals surface area (Å²) in [6.45, 7) is 3.84. The molecule has 1 aliphatic heterocycles.